The number of benzene rings is 1. The van der Waals surface area contributed by atoms with Gasteiger partial charge in [-0.15, -0.1) is 11.3 Å². The number of nitrogens with one attached hydrogen (secondary N) is 1. The monoisotopic (exact) mass is 337 g/mol. The van der Waals surface area contributed by atoms with Gasteiger partial charge in [-0.1, -0.05) is 30.9 Å². The van der Waals surface area contributed by atoms with Crippen LogP contribution in [0.5, 0.6) is 0 Å². The molecular weight excluding hydrogens is 318 g/mol. The van der Waals surface area contributed by atoms with Gasteiger partial charge in [0, 0.05) is 18.0 Å². The Labute approximate surface area is 139 Å². The molecule has 118 valence electrons. The second-order valence-corrected chi connectivity index (χ2v) is 7.49. The highest BCUT2D eigenvalue weighted by atomic mass is 35.5. The van der Waals surface area contributed by atoms with Crippen LogP contribution in [-0.2, 0) is 11.2 Å². The van der Waals surface area contributed by atoms with Gasteiger partial charge >= 0.3 is 0 Å². The number of amides is 1. The normalized spacial score (nSPS) is 17.5. The predicted molar refractivity (Wildman–Crippen MR) is 91.3 cm³/mol. The molecule has 0 bridgehead atoms. The second kappa shape index (κ2) is 6.52. The third-order valence-corrected chi connectivity index (χ3v) is 5.55. The number of carbonyl (C=O) groups excluding carboxylic acids is 1. The zero-order valence-corrected chi connectivity index (χ0v) is 14.0. The minimum absolute atomic E-state index is 0.0173. The van der Waals surface area contributed by atoms with Crippen molar-refractivity contribution in [1.29, 1.82) is 0 Å². The molecule has 1 aromatic carbocycles. The average molecular weight is 338 g/mol. The van der Waals surface area contributed by atoms with Gasteiger partial charge in [-0.25, -0.2) is 4.98 Å². The van der Waals surface area contributed by atoms with E-state index in [1.165, 1.54) is 6.42 Å². The molecule has 4 nitrogen and oxygen atoms in total. The largest absolute Gasteiger partial charge is 0.354 e. The summed E-state index contributed by atoms with van der Waals surface area (Å²) in [5, 5.41) is 4.67. The molecule has 6 heteroatoms. The van der Waals surface area contributed by atoms with Crippen LogP contribution in [0.25, 0.3) is 10.2 Å². The number of fused-ring (bicyclic) bond motifs is 1. The summed E-state index contributed by atoms with van der Waals surface area (Å²) in [5.41, 5.74) is 6.47. The van der Waals surface area contributed by atoms with Crippen LogP contribution in [0.15, 0.2) is 18.2 Å². The number of nitrogens with two attached hydrogens (primary N) is 1. The van der Waals surface area contributed by atoms with Crippen molar-refractivity contribution in [3.63, 3.8) is 0 Å². The topological polar surface area (TPSA) is 68.0 Å². The molecule has 0 atom stereocenters. The number of rotatable bonds is 4. The van der Waals surface area contributed by atoms with Gasteiger partial charge in [-0.2, -0.15) is 0 Å². The quantitative estimate of drug-likeness (QED) is 0.899. The zero-order chi connectivity index (χ0) is 15.6. The fraction of sp³-hybridized carbons (Fsp3) is 0.500. The summed E-state index contributed by atoms with van der Waals surface area (Å²) in [4.78, 5) is 16.8. The number of halogens is 1. The van der Waals surface area contributed by atoms with E-state index in [1.807, 2.05) is 18.2 Å². The first-order valence-electron chi connectivity index (χ1n) is 7.69. The Kier molecular flexibility index (Phi) is 4.66. The Balaban J connectivity index is 1.56. The minimum Gasteiger partial charge on any atom is -0.354 e. The Morgan fingerprint density at radius 2 is 2.14 bits per heavy atom. The van der Waals surface area contributed by atoms with Crippen LogP contribution in [0, 0.1) is 0 Å². The van der Waals surface area contributed by atoms with E-state index in [4.69, 9.17) is 17.3 Å². The fourth-order valence-electron chi connectivity index (χ4n) is 2.92. The van der Waals surface area contributed by atoms with E-state index in [-0.39, 0.29) is 5.91 Å². The van der Waals surface area contributed by atoms with Gasteiger partial charge in [-0.3, -0.25) is 4.79 Å². The minimum atomic E-state index is -0.667. The van der Waals surface area contributed by atoms with Crippen LogP contribution in [0.4, 0.5) is 0 Å². The molecule has 1 aliphatic carbocycles. The number of hydrogen-bond donors (Lipinski definition) is 2. The first-order chi connectivity index (χ1) is 10.6. The number of thiazole rings is 1. The standard InChI is InChI=1S/C16H20ClN3OS/c17-11-4-5-13-12(10-11)20-14(22-13)6-9-19-15(21)16(18)7-2-1-3-8-16/h4-5,10H,1-3,6-9,18H2,(H,19,21). The molecule has 1 saturated carbocycles. The summed E-state index contributed by atoms with van der Waals surface area (Å²) in [6, 6.07) is 5.72. The Hall–Kier alpha value is -1.17. The van der Waals surface area contributed by atoms with E-state index in [0.717, 1.165) is 47.3 Å². The Morgan fingerprint density at radius 1 is 1.36 bits per heavy atom. The lowest BCUT2D eigenvalue weighted by Crippen LogP contribution is -2.55. The average Bonchev–Trinajstić information content (AvgIpc) is 2.89. The summed E-state index contributed by atoms with van der Waals surface area (Å²) >= 11 is 7.61. The summed E-state index contributed by atoms with van der Waals surface area (Å²) in [7, 11) is 0. The molecule has 1 aliphatic rings. The van der Waals surface area contributed by atoms with Gasteiger partial charge in [0.2, 0.25) is 5.91 Å². The first-order valence-corrected chi connectivity index (χ1v) is 8.88. The molecule has 1 amide bonds. The van der Waals surface area contributed by atoms with Gasteiger partial charge in [0.1, 0.15) is 0 Å². The van der Waals surface area contributed by atoms with Crippen LogP contribution >= 0.6 is 22.9 Å². The molecule has 0 radical (unpaired) electrons. The molecule has 1 heterocycles. The molecule has 1 aromatic heterocycles. The van der Waals surface area contributed by atoms with Crippen molar-refractivity contribution in [3.05, 3.63) is 28.2 Å². The molecule has 1 fully saturated rings. The highest BCUT2D eigenvalue weighted by molar-refractivity contribution is 7.18. The maximum atomic E-state index is 12.3. The van der Waals surface area contributed by atoms with Crippen LogP contribution in [0.3, 0.4) is 0 Å². The van der Waals surface area contributed by atoms with E-state index in [9.17, 15) is 4.79 Å². The van der Waals surface area contributed by atoms with E-state index in [0.29, 0.717) is 11.6 Å². The van der Waals surface area contributed by atoms with Crippen LogP contribution < -0.4 is 11.1 Å². The number of carbonyl (C=O) groups is 1. The molecule has 0 aliphatic heterocycles. The second-order valence-electron chi connectivity index (χ2n) is 5.94. The van der Waals surface area contributed by atoms with Crippen molar-refractivity contribution in [2.45, 2.75) is 44.1 Å². The summed E-state index contributed by atoms with van der Waals surface area (Å²) in [6.45, 7) is 0.575. The van der Waals surface area contributed by atoms with Crippen molar-refractivity contribution < 1.29 is 4.79 Å². The van der Waals surface area contributed by atoms with Gasteiger partial charge in [0.05, 0.1) is 20.8 Å². The maximum Gasteiger partial charge on any atom is 0.240 e. The maximum absolute atomic E-state index is 12.3. The summed E-state index contributed by atoms with van der Waals surface area (Å²) < 4.78 is 1.12. The van der Waals surface area contributed by atoms with Crippen molar-refractivity contribution in [3.8, 4) is 0 Å². The molecular formula is C16H20ClN3OS. The van der Waals surface area contributed by atoms with Crippen LogP contribution in [-0.4, -0.2) is 23.0 Å². The number of aromatic nitrogens is 1. The molecule has 0 spiro atoms. The van der Waals surface area contributed by atoms with Crippen LogP contribution in [0.1, 0.15) is 37.1 Å². The summed E-state index contributed by atoms with van der Waals surface area (Å²) in [5.74, 6) is -0.0173. The highest BCUT2D eigenvalue weighted by Gasteiger charge is 2.34. The molecule has 3 rings (SSSR count). The van der Waals surface area contributed by atoms with Gasteiger partial charge in [0.25, 0.3) is 0 Å². The van der Waals surface area contributed by atoms with E-state index < -0.39 is 5.54 Å². The first kappa shape index (κ1) is 15.7. The third-order valence-electron chi connectivity index (χ3n) is 4.22. The van der Waals surface area contributed by atoms with Crippen molar-refractivity contribution in [2.75, 3.05) is 6.54 Å². The molecule has 2 aromatic rings. The third kappa shape index (κ3) is 3.42. The lowest BCUT2D eigenvalue weighted by atomic mass is 9.82. The number of hydrogen-bond acceptors (Lipinski definition) is 4. The fourth-order valence-corrected chi connectivity index (χ4v) is 4.04. The van der Waals surface area contributed by atoms with Crippen molar-refractivity contribution in [1.82, 2.24) is 10.3 Å². The van der Waals surface area contributed by atoms with E-state index >= 15 is 0 Å². The Bertz CT molecular complexity index is 679. The van der Waals surface area contributed by atoms with E-state index in [1.54, 1.807) is 11.3 Å². The zero-order valence-electron chi connectivity index (χ0n) is 12.4. The lowest BCUT2D eigenvalue weighted by molar-refractivity contribution is -0.127. The van der Waals surface area contributed by atoms with E-state index in [2.05, 4.69) is 10.3 Å². The number of nitrogens with zero attached hydrogens (tertiary/aromatic N) is 1. The van der Waals surface area contributed by atoms with Gasteiger partial charge in [-0.05, 0) is 31.0 Å². The molecule has 0 saturated heterocycles. The smallest absolute Gasteiger partial charge is 0.240 e. The SMILES string of the molecule is NC1(C(=O)NCCc2nc3cc(Cl)ccc3s2)CCCCC1. The molecule has 0 unspecified atom stereocenters. The van der Waals surface area contributed by atoms with Crippen LogP contribution in [0.2, 0.25) is 5.02 Å². The highest BCUT2D eigenvalue weighted by Crippen LogP contribution is 2.27. The lowest BCUT2D eigenvalue weighted by Gasteiger charge is -2.31. The van der Waals surface area contributed by atoms with Crippen molar-refractivity contribution in [2.24, 2.45) is 5.73 Å². The predicted octanol–water partition coefficient (Wildman–Crippen LogP) is 3.27. The van der Waals surface area contributed by atoms with Crippen molar-refractivity contribution >= 4 is 39.1 Å². The Morgan fingerprint density at radius 3 is 2.91 bits per heavy atom. The molecule has 3 N–H and O–H groups in total. The summed E-state index contributed by atoms with van der Waals surface area (Å²) in [6.07, 6.45) is 5.57. The van der Waals surface area contributed by atoms with Gasteiger partial charge in [0.15, 0.2) is 0 Å². The van der Waals surface area contributed by atoms with Gasteiger partial charge < -0.3 is 11.1 Å². The molecule has 22 heavy (non-hydrogen) atoms.